The summed E-state index contributed by atoms with van der Waals surface area (Å²) < 4.78 is 21.5. The molecular weight excluding hydrogens is 474 g/mol. The Morgan fingerprint density at radius 3 is 2.96 bits per heavy atom. The van der Waals surface area contributed by atoms with Crippen molar-refractivity contribution in [2.75, 3.05) is 19.7 Å². The topological polar surface area (TPSA) is 76.4 Å². The summed E-state index contributed by atoms with van der Waals surface area (Å²) in [6.45, 7) is 5.24. The van der Waals surface area contributed by atoms with Crippen molar-refractivity contribution in [3.05, 3.63) is 47.8 Å². The molecule has 3 rings (SSSR count). The average molecular weight is 502 g/mol. The lowest BCUT2D eigenvalue weighted by Gasteiger charge is -2.16. The molecule has 1 unspecified atom stereocenters. The second-order valence-corrected chi connectivity index (χ2v) is 6.49. The molecule has 1 aliphatic rings. The van der Waals surface area contributed by atoms with Crippen LogP contribution in [0.5, 0.6) is 0 Å². The summed E-state index contributed by atoms with van der Waals surface area (Å²) in [5.74, 6) is 1.37. The summed E-state index contributed by atoms with van der Waals surface area (Å²) in [4.78, 5) is 4.54. The Hall–Kier alpha value is -1.75. The number of ether oxygens (including phenoxy) is 1. The number of aromatic nitrogens is 3. The Bertz CT molecular complexity index is 748. The van der Waals surface area contributed by atoms with Gasteiger partial charge in [-0.25, -0.2) is 9.38 Å². The van der Waals surface area contributed by atoms with Crippen LogP contribution in [0.4, 0.5) is 4.39 Å². The molecule has 0 aliphatic carbocycles. The van der Waals surface area contributed by atoms with E-state index < -0.39 is 0 Å². The van der Waals surface area contributed by atoms with E-state index in [4.69, 9.17) is 4.74 Å². The fourth-order valence-corrected chi connectivity index (χ4v) is 3.02. The Kier molecular flexibility index (Phi) is 9.62. The standard InChI is InChI=1S/C19H27FN6O.HI/c1-2-18-25-24-14-26(18)10-9-21-19(23-13-16-7-5-11-27-16)22-12-15-6-3-4-8-17(15)20;/h3-4,6,8,14,16H,2,5,7,9-13H2,1H3,(H2,21,22,23);1H. The maximum Gasteiger partial charge on any atom is 0.191 e. The average Bonchev–Trinajstić information content (AvgIpc) is 3.36. The van der Waals surface area contributed by atoms with Crippen molar-refractivity contribution < 1.29 is 9.13 Å². The summed E-state index contributed by atoms with van der Waals surface area (Å²) in [6.07, 6.45) is 4.92. The molecule has 2 heterocycles. The molecule has 0 radical (unpaired) electrons. The normalized spacial score (nSPS) is 16.6. The zero-order chi connectivity index (χ0) is 18.9. The first-order valence-corrected chi connectivity index (χ1v) is 9.50. The van der Waals surface area contributed by atoms with Gasteiger partial charge in [-0.1, -0.05) is 25.1 Å². The Labute approximate surface area is 182 Å². The van der Waals surface area contributed by atoms with E-state index in [1.165, 1.54) is 6.07 Å². The lowest BCUT2D eigenvalue weighted by molar-refractivity contribution is 0.114. The highest BCUT2D eigenvalue weighted by Crippen LogP contribution is 2.11. The third-order valence-electron chi connectivity index (χ3n) is 4.54. The Morgan fingerprint density at radius 1 is 1.36 bits per heavy atom. The van der Waals surface area contributed by atoms with Crippen molar-refractivity contribution >= 4 is 29.9 Å². The lowest BCUT2D eigenvalue weighted by Crippen LogP contribution is -2.42. The van der Waals surface area contributed by atoms with Gasteiger partial charge in [-0.05, 0) is 18.9 Å². The molecule has 0 spiro atoms. The number of hydrogen-bond acceptors (Lipinski definition) is 4. The van der Waals surface area contributed by atoms with Crippen LogP contribution in [-0.4, -0.2) is 46.5 Å². The summed E-state index contributed by atoms with van der Waals surface area (Å²) >= 11 is 0. The van der Waals surface area contributed by atoms with Gasteiger partial charge in [-0.2, -0.15) is 0 Å². The molecular formula is C19H28FIN6O. The highest BCUT2D eigenvalue weighted by atomic mass is 127. The number of hydrogen-bond donors (Lipinski definition) is 2. The van der Waals surface area contributed by atoms with Crippen LogP contribution in [0.15, 0.2) is 35.6 Å². The molecule has 9 heteroatoms. The molecule has 1 fully saturated rings. The van der Waals surface area contributed by atoms with Gasteiger partial charge in [0, 0.05) is 38.2 Å². The van der Waals surface area contributed by atoms with E-state index in [0.29, 0.717) is 24.6 Å². The maximum atomic E-state index is 13.8. The quantitative estimate of drug-likeness (QED) is 0.330. The Balaban J connectivity index is 0.00000280. The van der Waals surface area contributed by atoms with Gasteiger partial charge in [0.2, 0.25) is 0 Å². The zero-order valence-corrected chi connectivity index (χ0v) is 18.4. The molecule has 1 aromatic carbocycles. The fourth-order valence-electron chi connectivity index (χ4n) is 3.02. The molecule has 154 valence electrons. The van der Waals surface area contributed by atoms with Crippen LogP contribution in [0.1, 0.15) is 31.2 Å². The van der Waals surface area contributed by atoms with Crippen molar-refractivity contribution in [3.8, 4) is 0 Å². The molecule has 2 aromatic rings. The molecule has 1 atom stereocenters. The number of aliphatic imine (C=N–C) groups is 1. The van der Waals surface area contributed by atoms with Crippen LogP contribution in [-0.2, 0) is 24.2 Å². The van der Waals surface area contributed by atoms with E-state index in [-0.39, 0.29) is 42.4 Å². The SMILES string of the molecule is CCc1nncn1CCNC(=NCc1ccccc1F)NCC1CCCO1.I. The molecule has 0 amide bonds. The largest absolute Gasteiger partial charge is 0.376 e. The second-order valence-electron chi connectivity index (χ2n) is 6.49. The third-order valence-corrected chi connectivity index (χ3v) is 4.54. The van der Waals surface area contributed by atoms with E-state index in [1.807, 2.05) is 10.6 Å². The number of aryl methyl sites for hydroxylation is 1. The van der Waals surface area contributed by atoms with Crippen molar-refractivity contribution in [1.82, 2.24) is 25.4 Å². The molecule has 1 aromatic heterocycles. The minimum atomic E-state index is -0.239. The van der Waals surface area contributed by atoms with Crippen LogP contribution in [0.2, 0.25) is 0 Å². The predicted octanol–water partition coefficient (Wildman–Crippen LogP) is 2.51. The number of nitrogens with one attached hydrogen (secondary N) is 2. The molecule has 0 bridgehead atoms. The molecule has 2 N–H and O–H groups in total. The minimum Gasteiger partial charge on any atom is -0.376 e. The molecule has 1 aliphatic heterocycles. The second kappa shape index (κ2) is 11.9. The zero-order valence-electron chi connectivity index (χ0n) is 16.1. The van der Waals surface area contributed by atoms with Crippen molar-refractivity contribution in [2.45, 2.75) is 45.4 Å². The highest BCUT2D eigenvalue weighted by Gasteiger charge is 2.15. The van der Waals surface area contributed by atoms with Crippen LogP contribution >= 0.6 is 24.0 Å². The Morgan fingerprint density at radius 2 is 2.21 bits per heavy atom. The summed E-state index contributed by atoms with van der Waals surface area (Å²) in [7, 11) is 0. The van der Waals surface area contributed by atoms with E-state index in [0.717, 1.165) is 38.2 Å². The van der Waals surface area contributed by atoms with Crippen LogP contribution in [0.25, 0.3) is 0 Å². The smallest absolute Gasteiger partial charge is 0.191 e. The van der Waals surface area contributed by atoms with E-state index in [2.05, 4.69) is 32.7 Å². The summed E-state index contributed by atoms with van der Waals surface area (Å²) in [5, 5.41) is 14.7. The van der Waals surface area contributed by atoms with Crippen molar-refractivity contribution in [3.63, 3.8) is 0 Å². The van der Waals surface area contributed by atoms with E-state index in [9.17, 15) is 4.39 Å². The number of benzene rings is 1. The van der Waals surface area contributed by atoms with Gasteiger partial charge in [-0.3, -0.25) is 0 Å². The van der Waals surface area contributed by atoms with Gasteiger partial charge in [0.25, 0.3) is 0 Å². The minimum absolute atomic E-state index is 0. The van der Waals surface area contributed by atoms with E-state index >= 15 is 0 Å². The molecule has 1 saturated heterocycles. The fraction of sp³-hybridized carbons (Fsp3) is 0.526. The van der Waals surface area contributed by atoms with Crippen molar-refractivity contribution in [2.24, 2.45) is 4.99 Å². The first kappa shape index (κ1) is 22.5. The monoisotopic (exact) mass is 502 g/mol. The summed E-state index contributed by atoms with van der Waals surface area (Å²) in [5.41, 5.74) is 0.572. The van der Waals surface area contributed by atoms with Gasteiger partial charge >= 0.3 is 0 Å². The molecule has 0 saturated carbocycles. The first-order chi connectivity index (χ1) is 13.3. The molecule has 28 heavy (non-hydrogen) atoms. The number of guanidine groups is 1. The number of halogens is 2. The van der Waals surface area contributed by atoms with Gasteiger partial charge in [0.15, 0.2) is 5.96 Å². The van der Waals surface area contributed by atoms with Gasteiger partial charge < -0.3 is 19.9 Å². The summed E-state index contributed by atoms with van der Waals surface area (Å²) in [6, 6.07) is 6.71. The molecule has 7 nitrogen and oxygen atoms in total. The van der Waals surface area contributed by atoms with Crippen LogP contribution in [0, 0.1) is 5.82 Å². The van der Waals surface area contributed by atoms with Gasteiger partial charge in [0.1, 0.15) is 18.0 Å². The van der Waals surface area contributed by atoms with E-state index in [1.54, 1.807) is 18.5 Å². The van der Waals surface area contributed by atoms with Gasteiger partial charge in [0.05, 0.1) is 12.6 Å². The van der Waals surface area contributed by atoms with Crippen LogP contribution < -0.4 is 10.6 Å². The maximum absolute atomic E-state index is 13.8. The third kappa shape index (κ3) is 6.69. The number of nitrogens with zero attached hydrogens (tertiary/aromatic N) is 4. The van der Waals surface area contributed by atoms with Gasteiger partial charge in [-0.15, -0.1) is 34.2 Å². The van der Waals surface area contributed by atoms with Crippen LogP contribution in [0.3, 0.4) is 0 Å². The van der Waals surface area contributed by atoms with Crippen molar-refractivity contribution in [1.29, 1.82) is 0 Å². The lowest BCUT2D eigenvalue weighted by atomic mass is 10.2. The highest BCUT2D eigenvalue weighted by molar-refractivity contribution is 14.0. The predicted molar refractivity (Wildman–Crippen MR) is 117 cm³/mol. The first-order valence-electron chi connectivity index (χ1n) is 9.50. The number of rotatable bonds is 8.